The summed E-state index contributed by atoms with van der Waals surface area (Å²) in [5.74, 6) is -0.456. The van der Waals surface area contributed by atoms with E-state index in [2.05, 4.69) is 5.32 Å². The van der Waals surface area contributed by atoms with Gasteiger partial charge in [0.15, 0.2) is 0 Å². The molecule has 134 valence electrons. The Morgan fingerprint density at radius 3 is 2.40 bits per heavy atom. The van der Waals surface area contributed by atoms with Gasteiger partial charge in [0, 0.05) is 5.56 Å². The van der Waals surface area contributed by atoms with Crippen molar-refractivity contribution in [3.05, 3.63) is 64.7 Å². The molecule has 0 spiro atoms. The largest absolute Gasteiger partial charge is 0.394 e. The van der Waals surface area contributed by atoms with Gasteiger partial charge in [0.2, 0.25) is 10.0 Å². The number of carbonyl (C=O) groups excluding carboxylic acids is 1. The zero-order valence-electron chi connectivity index (χ0n) is 14.2. The third-order valence-electron chi connectivity index (χ3n) is 4.07. The number of aliphatic hydroxyl groups excluding tert-OH is 1. The van der Waals surface area contributed by atoms with E-state index in [1.165, 1.54) is 6.07 Å². The molecule has 2 rings (SSSR count). The van der Waals surface area contributed by atoms with Crippen molar-refractivity contribution in [2.24, 2.45) is 5.14 Å². The molecular formula is C18H22N2O4S. The zero-order valence-corrected chi connectivity index (χ0v) is 15.0. The lowest BCUT2D eigenvalue weighted by molar-refractivity contribution is 0.0916. The average Bonchev–Trinajstić information content (AvgIpc) is 2.56. The highest BCUT2D eigenvalue weighted by molar-refractivity contribution is 7.89. The second-order valence-corrected chi connectivity index (χ2v) is 7.53. The summed E-state index contributed by atoms with van der Waals surface area (Å²) in [6, 6.07) is 11.9. The summed E-state index contributed by atoms with van der Waals surface area (Å²) in [6.07, 6.45) is 0.468. The minimum absolute atomic E-state index is 0.0683. The van der Waals surface area contributed by atoms with Gasteiger partial charge in [-0.3, -0.25) is 4.79 Å². The number of hydrogen-bond acceptors (Lipinski definition) is 4. The second kappa shape index (κ2) is 7.77. The molecule has 0 aliphatic rings. The Balaban J connectivity index is 2.23. The molecule has 0 heterocycles. The molecule has 0 aliphatic heterocycles. The predicted octanol–water partition coefficient (Wildman–Crippen LogP) is 1.28. The van der Waals surface area contributed by atoms with Crippen molar-refractivity contribution in [3.8, 4) is 0 Å². The molecule has 0 saturated heterocycles. The van der Waals surface area contributed by atoms with E-state index in [1.54, 1.807) is 19.9 Å². The van der Waals surface area contributed by atoms with E-state index in [1.807, 2.05) is 30.3 Å². The maximum absolute atomic E-state index is 12.5. The minimum Gasteiger partial charge on any atom is -0.394 e. The van der Waals surface area contributed by atoms with Gasteiger partial charge in [-0.25, -0.2) is 13.6 Å². The highest BCUT2D eigenvalue weighted by Gasteiger charge is 2.19. The number of hydrogen-bond donors (Lipinski definition) is 3. The number of nitrogens with one attached hydrogen (secondary N) is 1. The summed E-state index contributed by atoms with van der Waals surface area (Å²) in [5.41, 5.74) is 2.34. The molecule has 6 nitrogen and oxygen atoms in total. The molecule has 7 heteroatoms. The van der Waals surface area contributed by atoms with Crippen LogP contribution in [0, 0.1) is 13.8 Å². The summed E-state index contributed by atoms with van der Waals surface area (Å²) in [6.45, 7) is 3.13. The van der Waals surface area contributed by atoms with Gasteiger partial charge in [-0.1, -0.05) is 30.3 Å². The van der Waals surface area contributed by atoms with E-state index in [4.69, 9.17) is 5.14 Å². The van der Waals surface area contributed by atoms with E-state index in [9.17, 15) is 18.3 Å². The summed E-state index contributed by atoms with van der Waals surface area (Å²) >= 11 is 0. The fraction of sp³-hybridized carbons (Fsp3) is 0.278. The second-order valence-electron chi connectivity index (χ2n) is 6.00. The smallest absolute Gasteiger partial charge is 0.251 e. The predicted molar refractivity (Wildman–Crippen MR) is 95.8 cm³/mol. The summed E-state index contributed by atoms with van der Waals surface area (Å²) < 4.78 is 23.4. The number of benzene rings is 2. The Morgan fingerprint density at radius 1 is 1.20 bits per heavy atom. The summed E-state index contributed by atoms with van der Waals surface area (Å²) in [7, 11) is -3.92. The van der Waals surface area contributed by atoms with Crippen LogP contribution in [0.5, 0.6) is 0 Å². The van der Waals surface area contributed by atoms with Crippen LogP contribution in [0.2, 0.25) is 0 Å². The number of sulfonamides is 1. The van der Waals surface area contributed by atoms with Crippen LogP contribution in [0.4, 0.5) is 0 Å². The third kappa shape index (κ3) is 4.88. The number of aryl methyl sites for hydroxylation is 1. The lowest BCUT2D eigenvalue weighted by Crippen LogP contribution is -2.39. The normalized spacial score (nSPS) is 12.6. The maximum Gasteiger partial charge on any atom is 0.251 e. The number of aliphatic hydroxyl groups is 1. The molecule has 1 atom stereocenters. The van der Waals surface area contributed by atoms with E-state index in [0.29, 0.717) is 17.5 Å². The first-order valence-electron chi connectivity index (χ1n) is 7.82. The maximum atomic E-state index is 12.5. The number of rotatable bonds is 6. The summed E-state index contributed by atoms with van der Waals surface area (Å²) in [4.78, 5) is 12.4. The Kier molecular flexibility index (Phi) is 5.94. The fourth-order valence-corrected chi connectivity index (χ4v) is 3.46. The molecule has 4 N–H and O–H groups in total. The van der Waals surface area contributed by atoms with Crippen molar-refractivity contribution < 1.29 is 18.3 Å². The monoisotopic (exact) mass is 362 g/mol. The fourth-order valence-electron chi connectivity index (χ4n) is 2.58. The van der Waals surface area contributed by atoms with Gasteiger partial charge in [0.1, 0.15) is 0 Å². The van der Waals surface area contributed by atoms with Crippen LogP contribution in [-0.2, 0) is 16.4 Å². The topological polar surface area (TPSA) is 109 Å². The van der Waals surface area contributed by atoms with Gasteiger partial charge in [0.25, 0.3) is 5.91 Å². The highest BCUT2D eigenvalue weighted by atomic mass is 32.2. The molecule has 25 heavy (non-hydrogen) atoms. The van der Waals surface area contributed by atoms with Crippen LogP contribution in [0.15, 0.2) is 47.4 Å². The van der Waals surface area contributed by atoms with Gasteiger partial charge in [0.05, 0.1) is 17.5 Å². The standard InChI is InChI=1S/C18H22N2O4S/c1-12-8-15(10-17(13(12)2)25(19,23)24)18(22)20-16(11-21)9-14-6-4-3-5-7-14/h3-8,10,16,21H,9,11H2,1-2H3,(H,20,22)(H2,19,23,24)/t16-/m0/s1. The molecule has 2 aromatic carbocycles. The summed E-state index contributed by atoms with van der Waals surface area (Å²) in [5, 5.41) is 17.5. The molecule has 0 aliphatic carbocycles. The molecule has 0 saturated carbocycles. The third-order valence-corrected chi connectivity index (χ3v) is 5.11. The number of primary sulfonamides is 1. The molecule has 0 unspecified atom stereocenters. The number of nitrogens with two attached hydrogens (primary N) is 1. The Bertz CT molecular complexity index is 864. The lowest BCUT2D eigenvalue weighted by atomic mass is 10.0. The van der Waals surface area contributed by atoms with Crippen molar-refractivity contribution in [3.63, 3.8) is 0 Å². The van der Waals surface area contributed by atoms with Crippen molar-refractivity contribution in [1.29, 1.82) is 0 Å². The van der Waals surface area contributed by atoms with Crippen molar-refractivity contribution >= 4 is 15.9 Å². The van der Waals surface area contributed by atoms with Crippen LogP contribution in [-0.4, -0.2) is 32.1 Å². The average molecular weight is 362 g/mol. The highest BCUT2D eigenvalue weighted by Crippen LogP contribution is 2.20. The zero-order chi connectivity index (χ0) is 18.6. The van der Waals surface area contributed by atoms with Gasteiger partial charge >= 0.3 is 0 Å². The van der Waals surface area contributed by atoms with Crippen LogP contribution in [0.25, 0.3) is 0 Å². The van der Waals surface area contributed by atoms with E-state index in [-0.39, 0.29) is 17.1 Å². The van der Waals surface area contributed by atoms with Crippen molar-refractivity contribution in [2.75, 3.05) is 6.61 Å². The number of carbonyl (C=O) groups is 1. The van der Waals surface area contributed by atoms with Gasteiger partial charge in [-0.05, 0) is 49.1 Å². The Morgan fingerprint density at radius 2 is 1.84 bits per heavy atom. The minimum atomic E-state index is -3.92. The Labute approximate surface area is 147 Å². The molecule has 2 aromatic rings. The van der Waals surface area contributed by atoms with E-state index < -0.39 is 22.0 Å². The SMILES string of the molecule is Cc1cc(C(=O)N[C@H](CO)Cc2ccccc2)cc(S(N)(=O)=O)c1C. The molecule has 0 aromatic heterocycles. The van der Waals surface area contributed by atoms with Crippen LogP contribution in [0.3, 0.4) is 0 Å². The van der Waals surface area contributed by atoms with E-state index in [0.717, 1.165) is 5.56 Å². The van der Waals surface area contributed by atoms with Crippen LogP contribution >= 0.6 is 0 Å². The first kappa shape index (κ1) is 19.1. The van der Waals surface area contributed by atoms with Crippen molar-refractivity contribution in [1.82, 2.24) is 5.32 Å². The molecule has 0 fully saturated rings. The van der Waals surface area contributed by atoms with Crippen molar-refractivity contribution in [2.45, 2.75) is 31.2 Å². The van der Waals surface area contributed by atoms with Gasteiger partial charge in [-0.15, -0.1) is 0 Å². The van der Waals surface area contributed by atoms with Gasteiger partial charge < -0.3 is 10.4 Å². The first-order valence-corrected chi connectivity index (χ1v) is 9.36. The first-order chi connectivity index (χ1) is 11.7. The van der Waals surface area contributed by atoms with Crippen LogP contribution < -0.4 is 10.5 Å². The quantitative estimate of drug-likeness (QED) is 0.719. The molecule has 0 radical (unpaired) electrons. The Hall–Kier alpha value is -2.22. The van der Waals surface area contributed by atoms with Gasteiger partial charge in [-0.2, -0.15) is 0 Å². The van der Waals surface area contributed by atoms with Crippen LogP contribution in [0.1, 0.15) is 27.0 Å². The number of amides is 1. The molecule has 0 bridgehead atoms. The van der Waals surface area contributed by atoms with E-state index >= 15 is 0 Å². The lowest BCUT2D eigenvalue weighted by Gasteiger charge is -2.17. The molecular weight excluding hydrogens is 340 g/mol. The molecule has 1 amide bonds.